The van der Waals surface area contributed by atoms with Gasteiger partial charge in [0.25, 0.3) is 0 Å². The van der Waals surface area contributed by atoms with Crippen LogP contribution in [0.1, 0.15) is 30.5 Å². The molecule has 0 bridgehead atoms. The highest BCUT2D eigenvalue weighted by molar-refractivity contribution is 6.30. The minimum Gasteiger partial charge on any atom is -0.487 e. The number of benzene rings is 3. The second-order valence-electron chi connectivity index (χ2n) is 7.35. The van der Waals surface area contributed by atoms with Crippen molar-refractivity contribution in [1.82, 2.24) is 0 Å². The van der Waals surface area contributed by atoms with Gasteiger partial charge >= 0.3 is 5.97 Å². The molecule has 0 fully saturated rings. The van der Waals surface area contributed by atoms with Crippen molar-refractivity contribution in [1.29, 1.82) is 0 Å². The molecule has 0 aromatic heterocycles. The molecular weight excluding hydrogens is 448 g/mol. The monoisotopic (exact) mass is 472 g/mol. The number of halogens is 1. The van der Waals surface area contributed by atoms with Gasteiger partial charge in [-0.2, -0.15) is 0 Å². The van der Waals surface area contributed by atoms with E-state index in [-0.39, 0.29) is 17.9 Å². The Kier molecular flexibility index (Phi) is 8.56. The predicted molar refractivity (Wildman–Crippen MR) is 136 cm³/mol. The Labute approximate surface area is 205 Å². The molecule has 4 nitrogen and oxygen atoms in total. The predicted octanol–water partition coefficient (Wildman–Crippen LogP) is 7.29. The number of carbonyl (C=O) groups excluding carboxylic acids is 1. The maximum atomic E-state index is 12.5. The van der Waals surface area contributed by atoms with E-state index in [1.54, 1.807) is 18.2 Å². The van der Waals surface area contributed by atoms with Crippen LogP contribution in [0, 0.1) is 12.3 Å². The lowest BCUT2D eigenvalue weighted by atomic mass is 9.96. The van der Waals surface area contributed by atoms with Crippen LogP contribution < -0.4 is 4.74 Å². The van der Waals surface area contributed by atoms with Crippen molar-refractivity contribution in [3.05, 3.63) is 106 Å². The van der Waals surface area contributed by atoms with Gasteiger partial charge < -0.3 is 14.2 Å². The number of hydrogen-bond acceptors (Lipinski definition) is 4. The first kappa shape index (κ1) is 24.7. The highest BCUT2D eigenvalue weighted by atomic mass is 35.5. The van der Waals surface area contributed by atoms with E-state index < -0.39 is 5.97 Å². The Balaban J connectivity index is 2.10. The Bertz CT molecular complexity index is 1270. The van der Waals surface area contributed by atoms with E-state index in [1.807, 2.05) is 74.5 Å². The van der Waals surface area contributed by atoms with Crippen LogP contribution in [-0.2, 0) is 20.9 Å². The van der Waals surface area contributed by atoms with Crippen molar-refractivity contribution in [2.24, 2.45) is 0 Å². The lowest BCUT2D eigenvalue weighted by Crippen LogP contribution is -2.09. The second-order valence-corrected chi connectivity index (χ2v) is 7.79. The summed E-state index contributed by atoms with van der Waals surface area (Å²) in [4.78, 5) is 12.5. The van der Waals surface area contributed by atoms with Crippen molar-refractivity contribution >= 4 is 28.9 Å². The zero-order chi connectivity index (χ0) is 24.5. The molecule has 0 heterocycles. The van der Waals surface area contributed by atoms with Gasteiger partial charge in [0.05, 0.1) is 7.11 Å². The van der Waals surface area contributed by atoms with Gasteiger partial charge in [-0.3, -0.25) is 0 Å². The normalized spacial score (nSPS) is 11.8. The number of allylic oxidation sites excluding steroid dienone is 2. The molecule has 5 heteroatoms. The molecule has 0 N–H and O–H groups in total. The van der Waals surface area contributed by atoms with Crippen LogP contribution in [0.5, 0.6) is 11.5 Å². The van der Waals surface area contributed by atoms with Crippen LogP contribution in [0.15, 0.2) is 84.4 Å². The molecule has 172 valence electrons. The van der Waals surface area contributed by atoms with Gasteiger partial charge in [0.15, 0.2) is 11.3 Å². The summed E-state index contributed by atoms with van der Waals surface area (Å²) in [6.07, 6.45) is 7.68. The van der Waals surface area contributed by atoms with E-state index in [0.717, 1.165) is 16.7 Å². The van der Waals surface area contributed by atoms with Crippen LogP contribution >= 0.6 is 11.6 Å². The third-order valence-corrected chi connectivity index (χ3v) is 5.35. The number of carbonyl (C=O) groups is 1. The lowest BCUT2D eigenvalue weighted by molar-refractivity contribution is -0.135. The minimum absolute atomic E-state index is 0.00657. The largest absolute Gasteiger partial charge is 0.487 e. The summed E-state index contributed by atoms with van der Waals surface area (Å²) in [5, 5.41) is 0.579. The number of terminal acetylenes is 1. The summed E-state index contributed by atoms with van der Waals surface area (Å²) in [5.74, 6) is 3.28. The summed E-state index contributed by atoms with van der Waals surface area (Å²) < 4.78 is 17.1. The van der Waals surface area contributed by atoms with Crippen molar-refractivity contribution in [2.75, 3.05) is 7.11 Å². The van der Waals surface area contributed by atoms with Crippen molar-refractivity contribution in [3.63, 3.8) is 0 Å². The summed E-state index contributed by atoms with van der Waals surface area (Å²) in [6, 6.07) is 22.3. The van der Waals surface area contributed by atoms with Crippen LogP contribution in [0.3, 0.4) is 0 Å². The minimum atomic E-state index is -0.645. The molecule has 0 unspecified atom stereocenters. The molecule has 3 rings (SSSR count). The van der Waals surface area contributed by atoms with Crippen molar-refractivity contribution in [2.45, 2.75) is 20.5 Å². The molecule has 3 aromatic rings. The average molecular weight is 473 g/mol. The van der Waals surface area contributed by atoms with Crippen LogP contribution in [0.4, 0.5) is 0 Å². The van der Waals surface area contributed by atoms with E-state index in [2.05, 4.69) is 5.92 Å². The molecule has 0 aliphatic carbocycles. The van der Waals surface area contributed by atoms with Gasteiger partial charge in [-0.25, -0.2) is 4.79 Å². The second kappa shape index (κ2) is 11.8. The SMILES string of the molecule is C#C/C(C(=O)OC)=C(/OCc1ccccc1)c1ccc(Oc2cccc(Cl)c2)cc1/C(C)=C\C. The Hall–Kier alpha value is -3.94. The van der Waals surface area contributed by atoms with Crippen LogP contribution in [0.25, 0.3) is 11.3 Å². The molecule has 0 spiro atoms. The smallest absolute Gasteiger partial charge is 0.350 e. The zero-order valence-corrected chi connectivity index (χ0v) is 20.1. The molecule has 0 saturated heterocycles. The standard InChI is InChI=1S/C29H25ClO4/c1-5-20(3)27-18-24(34-23-14-10-13-22(30)17-23)15-16-26(27)28(25(6-2)29(31)32-4)33-19-21-11-8-7-9-12-21/h2,5,7-18H,19H2,1,3-4H3/b20-5-,28-25-. The van der Waals surface area contributed by atoms with Crippen molar-refractivity contribution in [3.8, 4) is 23.8 Å². The molecule has 34 heavy (non-hydrogen) atoms. The molecule has 0 atom stereocenters. The van der Waals surface area contributed by atoms with Gasteiger partial charge in [-0.1, -0.05) is 60.0 Å². The maximum Gasteiger partial charge on any atom is 0.350 e. The van der Waals surface area contributed by atoms with Gasteiger partial charge in [-0.05, 0) is 66.9 Å². The van der Waals surface area contributed by atoms with E-state index in [4.69, 9.17) is 32.2 Å². The number of esters is 1. The fraction of sp³-hybridized carbons (Fsp3) is 0.138. The maximum absolute atomic E-state index is 12.5. The third-order valence-electron chi connectivity index (χ3n) is 5.11. The summed E-state index contributed by atoms with van der Waals surface area (Å²) in [7, 11) is 1.29. The number of ether oxygens (including phenoxy) is 3. The first-order chi connectivity index (χ1) is 16.5. The topological polar surface area (TPSA) is 44.8 Å². The number of hydrogen-bond donors (Lipinski definition) is 0. The highest BCUT2D eigenvalue weighted by Gasteiger charge is 2.21. The van der Waals surface area contributed by atoms with Gasteiger partial charge in [-0.15, -0.1) is 6.42 Å². The van der Waals surface area contributed by atoms with Gasteiger partial charge in [0, 0.05) is 10.6 Å². The van der Waals surface area contributed by atoms with E-state index in [1.165, 1.54) is 7.11 Å². The van der Waals surface area contributed by atoms with Gasteiger partial charge in [0.1, 0.15) is 18.1 Å². The van der Waals surface area contributed by atoms with Crippen LogP contribution in [0.2, 0.25) is 5.02 Å². The quantitative estimate of drug-likeness (QED) is 0.149. The van der Waals surface area contributed by atoms with Crippen molar-refractivity contribution < 1.29 is 19.0 Å². The fourth-order valence-corrected chi connectivity index (χ4v) is 3.45. The number of methoxy groups -OCH3 is 1. The molecule has 0 aliphatic rings. The lowest BCUT2D eigenvalue weighted by Gasteiger charge is -2.18. The van der Waals surface area contributed by atoms with E-state index in [9.17, 15) is 4.79 Å². The third kappa shape index (κ3) is 6.10. The molecular formula is C29H25ClO4. The molecule has 0 saturated carbocycles. The number of rotatable bonds is 8. The highest BCUT2D eigenvalue weighted by Crippen LogP contribution is 2.34. The first-order valence-corrected chi connectivity index (χ1v) is 11.0. The molecule has 0 amide bonds. The Morgan fingerprint density at radius 3 is 2.38 bits per heavy atom. The van der Waals surface area contributed by atoms with E-state index in [0.29, 0.717) is 22.1 Å². The molecule has 0 aliphatic heterocycles. The first-order valence-electron chi connectivity index (χ1n) is 10.6. The summed E-state index contributed by atoms with van der Waals surface area (Å²) in [6.45, 7) is 4.12. The average Bonchev–Trinajstić information content (AvgIpc) is 2.86. The Morgan fingerprint density at radius 1 is 1.00 bits per heavy atom. The summed E-state index contributed by atoms with van der Waals surface area (Å²) in [5.41, 5.74) is 3.36. The Morgan fingerprint density at radius 2 is 1.74 bits per heavy atom. The van der Waals surface area contributed by atoms with Gasteiger partial charge in [0.2, 0.25) is 0 Å². The summed E-state index contributed by atoms with van der Waals surface area (Å²) >= 11 is 6.09. The molecule has 0 radical (unpaired) electrons. The van der Waals surface area contributed by atoms with Crippen LogP contribution in [-0.4, -0.2) is 13.1 Å². The fourth-order valence-electron chi connectivity index (χ4n) is 3.27. The zero-order valence-electron chi connectivity index (χ0n) is 19.3. The van der Waals surface area contributed by atoms with E-state index >= 15 is 0 Å². The molecule has 3 aromatic carbocycles.